The molecule has 3 N–H and O–H groups in total. The van der Waals surface area contributed by atoms with Crippen molar-refractivity contribution < 1.29 is 14.3 Å². The van der Waals surface area contributed by atoms with Crippen LogP contribution in [0.1, 0.15) is 10.4 Å². The summed E-state index contributed by atoms with van der Waals surface area (Å²) in [5.41, 5.74) is 5.73. The maximum atomic E-state index is 11.7. The number of hydrogen-bond donors (Lipinski definition) is 2. The summed E-state index contributed by atoms with van der Waals surface area (Å²) in [4.78, 5) is 12.0. The summed E-state index contributed by atoms with van der Waals surface area (Å²) in [6, 6.07) is 4.90. The Labute approximate surface area is 105 Å². The van der Waals surface area contributed by atoms with E-state index in [0.29, 0.717) is 17.1 Å². The summed E-state index contributed by atoms with van der Waals surface area (Å²) < 4.78 is 10.1. The van der Waals surface area contributed by atoms with Crippen LogP contribution in [-0.4, -0.2) is 31.7 Å². The third kappa shape index (κ3) is 3.92. The molecule has 0 aliphatic rings. The minimum Gasteiger partial charge on any atom is -0.497 e. The van der Waals surface area contributed by atoms with Crippen molar-refractivity contribution in [3.8, 4) is 11.5 Å². The highest BCUT2D eigenvalue weighted by atomic mass is 32.1. The van der Waals surface area contributed by atoms with Crippen molar-refractivity contribution in [1.82, 2.24) is 5.32 Å². The van der Waals surface area contributed by atoms with Crippen molar-refractivity contribution in [2.75, 3.05) is 20.8 Å². The number of nitrogens with two attached hydrogens (primary N) is 1. The smallest absolute Gasteiger partial charge is 0.251 e. The SMILES string of the molecule is COc1cc(OC)cc(C(=O)NCC(N)=S)c1. The Bertz CT molecular complexity index is 412. The Morgan fingerprint density at radius 2 is 1.82 bits per heavy atom. The molecule has 0 spiro atoms. The number of nitrogens with one attached hydrogen (secondary N) is 1. The van der Waals surface area contributed by atoms with Gasteiger partial charge in [0, 0.05) is 11.6 Å². The maximum absolute atomic E-state index is 11.7. The molecule has 1 aromatic carbocycles. The first-order valence-corrected chi connectivity index (χ1v) is 5.27. The van der Waals surface area contributed by atoms with Crippen LogP contribution < -0.4 is 20.5 Å². The molecule has 0 bridgehead atoms. The van der Waals surface area contributed by atoms with Gasteiger partial charge in [-0.3, -0.25) is 4.79 Å². The molecule has 1 amide bonds. The first-order chi connectivity index (χ1) is 8.06. The van der Waals surface area contributed by atoms with E-state index < -0.39 is 0 Å². The molecule has 0 radical (unpaired) electrons. The zero-order chi connectivity index (χ0) is 12.8. The van der Waals surface area contributed by atoms with Gasteiger partial charge in [-0.05, 0) is 12.1 Å². The lowest BCUT2D eigenvalue weighted by atomic mass is 10.2. The molecule has 0 unspecified atom stereocenters. The van der Waals surface area contributed by atoms with E-state index in [0.717, 1.165) is 0 Å². The van der Waals surface area contributed by atoms with Gasteiger partial charge in [0.1, 0.15) is 11.5 Å². The summed E-state index contributed by atoms with van der Waals surface area (Å²) in [7, 11) is 3.04. The summed E-state index contributed by atoms with van der Waals surface area (Å²) in [5.74, 6) is 0.810. The lowest BCUT2D eigenvalue weighted by Gasteiger charge is -2.08. The van der Waals surface area contributed by atoms with Gasteiger partial charge in [-0.25, -0.2) is 0 Å². The molecule has 0 aromatic heterocycles. The molecule has 0 saturated carbocycles. The van der Waals surface area contributed by atoms with Crippen LogP contribution in [0.15, 0.2) is 18.2 Å². The van der Waals surface area contributed by atoms with Crippen LogP contribution in [0.5, 0.6) is 11.5 Å². The Kier molecular flexibility index (Phi) is 4.71. The first kappa shape index (κ1) is 13.2. The van der Waals surface area contributed by atoms with Gasteiger partial charge >= 0.3 is 0 Å². The predicted molar refractivity (Wildman–Crippen MR) is 68.7 cm³/mol. The molecule has 0 atom stereocenters. The molecule has 17 heavy (non-hydrogen) atoms. The summed E-state index contributed by atoms with van der Waals surface area (Å²) in [6.07, 6.45) is 0. The quantitative estimate of drug-likeness (QED) is 0.757. The van der Waals surface area contributed by atoms with E-state index in [4.69, 9.17) is 15.2 Å². The molecular formula is C11H14N2O3S. The standard InChI is InChI=1S/C11H14N2O3S/c1-15-8-3-7(4-9(5-8)16-2)11(14)13-6-10(12)17/h3-5H,6H2,1-2H3,(H2,12,17)(H,13,14). The number of benzene rings is 1. The topological polar surface area (TPSA) is 73.6 Å². The van der Waals surface area contributed by atoms with E-state index in [1.165, 1.54) is 14.2 Å². The second kappa shape index (κ2) is 6.05. The number of methoxy groups -OCH3 is 2. The monoisotopic (exact) mass is 254 g/mol. The molecule has 1 aromatic rings. The molecule has 0 fully saturated rings. The number of carbonyl (C=O) groups excluding carboxylic acids is 1. The molecule has 0 saturated heterocycles. The number of ether oxygens (including phenoxy) is 2. The van der Waals surface area contributed by atoms with Crippen LogP contribution in [0.4, 0.5) is 0 Å². The minimum atomic E-state index is -0.282. The van der Waals surface area contributed by atoms with Gasteiger partial charge in [0.15, 0.2) is 0 Å². The second-order valence-electron chi connectivity index (χ2n) is 3.25. The molecule has 0 aliphatic heterocycles. The van der Waals surface area contributed by atoms with E-state index in [9.17, 15) is 4.79 Å². The highest BCUT2D eigenvalue weighted by molar-refractivity contribution is 7.80. The number of thiocarbonyl (C=S) groups is 1. The Morgan fingerprint density at radius 1 is 1.29 bits per heavy atom. The summed E-state index contributed by atoms with van der Waals surface area (Å²) in [6.45, 7) is 0.160. The van der Waals surface area contributed by atoms with Crippen LogP contribution in [0.25, 0.3) is 0 Å². The van der Waals surface area contributed by atoms with Crippen LogP contribution in [-0.2, 0) is 0 Å². The van der Waals surface area contributed by atoms with Gasteiger partial charge in [-0.2, -0.15) is 0 Å². The Balaban J connectivity index is 2.88. The van der Waals surface area contributed by atoms with Gasteiger partial charge in [0.05, 0.1) is 25.8 Å². The van der Waals surface area contributed by atoms with Gasteiger partial charge < -0.3 is 20.5 Å². The summed E-state index contributed by atoms with van der Waals surface area (Å²) in [5, 5.41) is 2.58. The largest absolute Gasteiger partial charge is 0.497 e. The van der Waals surface area contributed by atoms with Crippen molar-refractivity contribution >= 4 is 23.1 Å². The average Bonchev–Trinajstić information content (AvgIpc) is 2.34. The van der Waals surface area contributed by atoms with E-state index in [-0.39, 0.29) is 17.4 Å². The number of carbonyl (C=O) groups is 1. The molecule has 6 heteroatoms. The molecule has 5 nitrogen and oxygen atoms in total. The predicted octanol–water partition coefficient (Wildman–Crippen LogP) is 0.720. The van der Waals surface area contributed by atoms with Crippen molar-refractivity contribution in [3.63, 3.8) is 0 Å². The van der Waals surface area contributed by atoms with Gasteiger partial charge in [-0.15, -0.1) is 0 Å². The van der Waals surface area contributed by atoms with Crippen LogP contribution >= 0.6 is 12.2 Å². The highest BCUT2D eigenvalue weighted by Gasteiger charge is 2.09. The van der Waals surface area contributed by atoms with Crippen molar-refractivity contribution in [3.05, 3.63) is 23.8 Å². The lowest BCUT2D eigenvalue weighted by molar-refractivity contribution is 0.0958. The normalized spacial score (nSPS) is 9.53. The van der Waals surface area contributed by atoms with Crippen LogP contribution in [0, 0.1) is 0 Å². The maximum Gasteiger partial charge on any atom is 0.251 e. The third-order valence-corrected chi connectivity index (χ3v) is 2.18. The van der Waals surface area contributed by atoms with E-state index in [2.05, 4.69) is 17.5 Å². The van der Waals surface area contributed by atoms with E-state index in [1.54, 1.807) is 18.2 Å². The second-order valence-corrected chi connectivity index (χ2v) is 3.77. The molecular weight excluding hydrogens is 240 g/mol. The van der Waals surface area contributed by atoms with Crippen molar-refractivity contribution in [2.45, 2.75) is 0 Å². The zero-order valence-corrected chi connectivity index (χ0v) is 10.5. The summed E-state index contributed by atoms with van der Waals surface area (Å²) >= 11 is 4.67. The fraction of sp³-hybridized carbons (Fsp3) is 0.273. The number of hydrogen-bond acceptors (Lipinski definition) is 4. The van der Waals surface area contributed by atoms with Crippen LogP contribution in [0.2, 0.25) is 0 Å². The Hall–Kier alpha value is -1.82. The molecule has 0 heterocycles. The fourth-order valence-corrected chi connectivity index (χ4v) is 1.28. The van der Waals surface area contributed by atoms with Crippen LogP contribution in [0.3, 0.4) is 0 Å². The molecule has 92 valence electrons. The fourth-order valence-electron chi connectivity index (χ4n) is 1.21. The number of amides is 1. The lowest BCUT2D eigenvalue weighted by Crippen LogP contribution is -2.32. The minimum absolute atomic E-state index is 0.160. The molecule has 0 aliphatic carbocycles. The van der Waals surface area contributed by atoms with Crippen molar-refractivity contribution in [1.29, 1.82) is 0 Å². The first-order valence-electron chi connectivity index (χ1n) is 4.86. The van der Waals surface area contributed by atoms with Crippen molar-refractivity contribution in [2.24, 2.45) is 5.73 Å². The highest BCUT2D eigenvalue weighted by Crippen LogP contribution is 2.22. The Morgan fingerprint density at radius 3 is 2.24 bits per heavy atom. The average molecular weight is 254 g/mol. The zero-order valence-electron chi connectivity index (χ0n) is 9.65. The van der Waals surface area contributed by atoms with Gasteiger partial charge in [0.2, 0.25) is 0 Å². The van der Waals surface area contributed by atoms with E-state index in [1.807, 2.05) is 0 Å². The molecule has 1 rings (SSSR count). The van der Waals surface area contributed by atoms with Gasteiger partial charge in [0.25, 0.3) is 5.91 Å². The third-order valence-electron chi connectivity index (χ3n) is 2.04. The van der Waals surface area contributed by atoms with E-state index >= 15 is 0 Å². The van der Waals surface area contributed by atoms with Gasteiger partial charge in [-0.1, -0.05) is 12.2 Å². The number of rotatable bonds is 5.